The Bertz CT molecular complexity index is 213. The molecule has 3 atom stereocenters. The summed E-state index contributed by atoms with van der Waals surface area (Å²) in [6.07, 6.45) is 0.866. The van der Waals surface area contributed by atoms with Crippen LogP contribution in [0.2, 0.25) is 0 Å². The highest BCUT2D eigenvalue weighted by molar-refractivity contribution is 4.78. The molecule has 0 bridgehead atoms. The van der Waals surface area contributed by atoms with Gasteiger partial charge in [0, 0.05) is 11.0 Å². The van der Waals surface area contributed by atoms with Gasteiger partial charge in [0.2, 0.25) is 0 Å². The number of aliphatic hydroxyl groups is 1. The molecular formula is C10H22N4O. The summed E-state index contributed by atoms with van der Waals surface area (Å²) in [5.41, 5.74) is 8.48. The monoisotopic (exact) mass is 214 g/mol. The largest absolute Gasteiger partial charge is 0.392 e. The summed E-state index contributed by atoms with van der Waals surface area (Å²) >= 11 is 0. The molecule has 0 rings (SSSR count). The Morgan fingerprint density at radius 3 is 2.33 bits per heavy atom. The summed E-state index contributed by atoms with van der Waals surface area (Å²) in [7, 11) is 0. The molecule has 0 spiro atoms. The lowest BCUT2D eigenvalue weighted by Crippen LogP contribution is -2.46. The minimum Gasteiger partial charge on any atom is -0.392 e. The summed E-state index contributed by atoms with van der Waals surface area (Å²) in [6.45, 7) is 8.74. The summed E-state index contributed by atoms with van der Waals surface area (Å²) in [5.74, 6) is 0. The molecule has 0 aromatic carbocycles. The van der Waals surface area contributed by atoms with Gasteiger partial charge in [0.25, 0.3) is 0 Å². The van der Waals surface area contributed by atoms with E-state index in [4.69, 9.17) is 5.53 Å². The van der Waals surface area contributed by atoms with Crippen molar-refractivity contribution < 1.29 is 5.11 Å². The van der Waals surface area contributed by atoms with Crippen LogP contribution in [0.25, 0.3) is 10.4 Å². The Hall–Kier alpha value is -0.770. The van der Waals surface area contributed by atoms with Gasteiger partial charge in [-0.25, -0.2) is 0 Å². The lowest BCUT2D eigenvalue weighted by molar-refractivity contribution is 0.0399. The molecule has 0 aliphatic heterocycles. The van der Waals surface area contributed by atoms with Crippen molar-refractivity contribution in [3.8, 4) is 0 Å². The quantitative estimate of drug-likeness (QED) is 0.402. The Labute approximate surface area is 91.7 Å². The number of rotatable bonds is 7. The average Bonchev–Trinajstić information content (AvgIpc) is 2.21. The minimum absolute atomic E-state index is 0.315. The lowest BCUT2D eigenvalue weighted by Gasteiger charge is -2.34. The topological polar surface area (TPSA) is 72.2 Å². The first-order valence-corrected chi connectivity index (χ1v) is 5.56. The van der Waals surface area contributed by atoms with Crippen molar-refractivity contribution in [3.63, 3.8) is 0 Å². The van der Waals surface area contributed by atoms with Gasteiger partial charge in [-0.3, -0.25) is 4.90 Å². The second-order valence-corrected chi connectivity index (χ2v) is 3.85. The zero-order valence-corrected chi connectivity index (χ0v) is 10.1. The van der Waals surface area contributed by atoms with Crippen LogP contribution in [0, 0.1) is 0 Å². The molecule has 0 saturated carbocycles. The first-order chi connectivity index (χ1) is 7.08. The number of nitrogens with zero attached hydrogens (tertiary/aromatic N) is 4. The molecule has 0 aromatic rings. The van der Waals surface area contributed by atoms with E-state index in [0.717, 1.165) is 19.4 Å². The summed E-state index contributed by atoms with van der Waals surface area (Å²) < 4.78 is 0. The molecule has 1 N–H and O–H groups in total. The van der Waals surface area contributed by atoms with E-state index in [1.165, 1.54) is 0 Å². The summed E-state index contributed by atoms with van der Waals surface area (Å²) in [5, 5.41) is 13.2. The van der Waals surface area contributed by atoms with E-state index in [9.17, 15) is 5.11 Å². The van der Waals surface area contributed by atoms with Gasteiger partial charge >= 0.3 is 0 Å². The third-order valence-corrected chi connectivity index (χ3v) is 2.58. The summed E-state index contributed by atoms with van der Waals surface area (Å²) in [4.78, 5) is 4.86. The molecule has 0 amide bonds. The van der Waals surface area contributed by atoms with Gasteiger partial charge in [0.15, 0.2) is 0 Å². The number of hydrogen-bond donors (Lipinski definition) is 1. The van der Waals surface area contributed by atoms with Crippen LogP contribution >= 0.6 is 0 Å². The van der Waals surface area contributed by atoms with E-state index in [1.54, 1.807) is 6.92 Å². The predicted octanol–water partition coefficient (Wildman–Crippen LogP) is 2.51. The van der Waals surface area contributed by atoms with Gasteiger partial charge in [-0.05, 0) is 38.8 Å². The van der Waals surface area contributed by atoms with E-state index < -0.39 is 12.3 Å². The molecule has 15 heavy (non-hydrogen) atoms. The molecule has 0 heterocycles. The third kappa shape index (κ3) is 4.51. The molecule has 0 radical (unpaired) electrons. The van der Waals surface area contributed by atoms with Crippen molar-refractivity contribution in [2.45, 2.75) is 58.8 Å². The van der Waals surface area contributed by atoms with E-state index in [1.807, 2.05) is 0 Å². The first-order valence-electron chi connectivity index (χ1n) is 5.56. The SMILES string of the molecule is CCCN(C(C)CC)[C@H](N=[N+]=[N-])C(C)O. The van der Waals surface area contributed by atoms with Gasteiger partial charge in [0.1, 0.15) is 6.17 Å². The van der Waals surface area contributed by atoms with Crippen LogP contribution in [-0.2, 0) is 0 Å². The fourth-order valence-corrected chi connectivity index (χ4v) is 1.60. The van der Waals surface area contributed by atoms with Crippen LogP contribution < -0.4 is 0 Å². The van der Waals surface area contributed by atoms with E-state index in [-0.39, 0.29) is 0 Å². The van der Waals surface area contributed by atoms with Crippen LogP contribution in [0.4, 0.5) is 0 Å². The normalized spacial score (nSPS) is 16.9. The average molecular weight is 214 g/mol. The highest BCUT2D eigenvalue weighted by atomic mass is 16.3. The lowest BCUT2D eigenvalue weighted by atomic mass is 10.1. The minimum atomic E-state index is -0.638. The Morgan fingerprint density at radius 1 is 1.40 bits per heavy atom. The summed E-state index contributed by atoms with van der Waals surface area (Å²) in [6, 6.07) is 0.315. The third-order valence-electron chi connectivity index (χ3n) is 2.58. The van der Waals surface area contributed by atoms with Gasteiger partial charge in [0.05, 0.1) is 6.10 Å². The highest BCUT2D eigenvalue weighted by Gasteiger charge is 2.24. The van der Waals surface area contributed by atoms with Gasteiger partial charge in [-0.1, -0.05) is 19.0 Å². The molecule has 0 aliphatic rings. The Morgan fingerprint density at radius 2 is 2.00 bits per heavy atom. The zero-order valence-electron chi connectivity index (χ0n) is 10.1. The van der Waals surface area contributed by atoms with Gasteiger partial charge < -0.3 is 5.11 Å². The molecule has 2 unspecified atom stereocenters. The number of azide groups is 1. The molecule has 0 aliphatic carbocycles. The van der Waals surface area contributed by atoms with Crippen molar-refractivity contribution in [1.29, 1.82) is 0 Å². The Balaban J connectivity index is 4.73. The van der Waals surface area contributed by atoms with Crippen molar-refractivity contribution in [2.75, 3.05) is 6.54 Å². The maximum atomic E-state index is 9.58. The van der Waals surface area contributed by atoms with Gasteiger partial charge in [-0.2, -0.15) is 0 Å². The molecule has 5 heteroatoms. The smallest absolute Gasteiger partial charge is 0.115 e. The zero-order chi connectivity index (χ0) is 11.8. The second-order valence-electron chi connectivity index (χ2n) is 3.85. The molecule has 5 nitrogen and oxygen atoms in total. The predicted molar refractivity (Wildman–Crippen MR) is 61.4 cm³/mol. The molecule has 0 fully saturated rings. The van der Waals surface area contributed by atoms with Crippen molar-refractivity contribution in [3.05, 3.63) is 10.4 Å². The number of hydrogen-bond acceptors (Lipinski definition) is 3. The van der Waals surface area contributed by atoms with Crippen LogP contribution in [0.15, 0.2) is 5.11 Å². The van der Waals surface area contributed by atoms with Crippen molar-refractivity contribution >= 4 is 0 Å². The molecule has 88 valence electrons. The fourth-order valence-electron chi connectivity index (χ4n) is 1.60. The van der Waals surface area contributed by atoms with Gasteiger partial charge in [-0.15, -0.1) is 0 Å². The van der Waals surface area contributed by atoms with E-state index >= 15 is 0 Å². The molecular weight excluding hydrogens is 192 g/mol. The Kier molecular flexibility index (Phi) is 7.13. The maximum Gasteiger partial charge on any atom is 0.115 e. The van der Waals surface area contributed by atoms with Crippen LogP contribution in [-0.4, -0.2) is 34.9 Å². The standard InChI is InChI=1S/C10H22N4O/c1-5-7-14(8(3)6-2)10(9(4)15)12-13-11/h8-10,15H,5-7H2,1-4H3/t8?,9?,10-/m0/s1. The first kappa shape index (κ1) is 14.2. The van der Waals surface area contributed by atoms with E-state index in [2.05, 4.69) is 35.7 Å². The second kappa shape index (κ2) is 7.51. The van der Waals surface area contributed by atoms with E-state index in [0.29, 0.717) is 6.04 Å². The highest BCUT2D eigenvalue weighted by Crippen LogP contribution is 2.14. The molecule has 0 aromatic heterocycles. The van der Waals surface area contributed by atoms with Crippen LogP contribution in [0.3, 0.4) is 0 Å². The van der Waals surface area contributed by atoms with Crippen molar-refractivity contribution in [1.82, 2.24) is 4.90 Å². The fraction of sp³-hybridized carbons (Fsp3) is 1.00. The maximum absolute atomic E-state index is 9.58. The van der Waals surface area contributed by atoms with Crippen LogP contribution in [0.5, 0.6) is 0 Å². The van der Waals surface area contributed by atoms with Crippen LogP contribution in [0.1, 0.15) is 40.5 Å². The molecule has 0 saturated heterocycles. The van der Waals surface area contributed by atoms with Crippen molar-refractivity contribution in [2.24, 2.45) is 5.11 Å². The number of aliphatic hydroxyl groups excluding tert-OH is 1.